The fraction of sp³-hybridized carbons (Fsp3) is 0.444. The molecule has 14 heteroatoms. The lowest BCUT2D eigenvalue weighted by Crippen LogP contribution is -2.56. The number of hydrogen-bond donors (Lipinski definition) is 4. The van der Waals surface area contributed by atoms with Crippen molar-refractivity contribution < 1.29 is 9.47 Å². The first-order valence-corrected chi connectivity index (χ1v) is 24.5. The Morgan fingerprint density at radius 2 is 1.04 bits per heavy atom. The van der Waals surface area contributed by atoms with Crippen LogP contribution in [-0.2, 0) is 0 Å². The first-order valence-electron chi connectivity index (χ1n) is 24.5. The molecular formula is C54H62N8O6. The number of pyridine rings is 2. The van der Waals surface area contributed by atoms with Crippen LogP contribution < -0.4 is 52.5 Å². The Bertz CT molecular complexity index is 2790. The molecule has 0 saturated carbocycles. The molecule has 2 aromatic heterocycles. The minimum absolute atomic E-state index is 0.104. The van der Waals surface area contributed by atoms with Crippen LogP contribution >= 0.6 is 0 Å². The Balaban J connectivity index is 0.775. The van der Waals surface area contributed by atoms with Gasteiger partial charge in [0, 0.05) is 61.4 Å². The molecule has 8 heterocycles. The van der Waals surface area contributed by atoms with Crippen LogP contribution in [-0.4, -0.2) is 85.3 Å². The van der Waals surface area contributed by atoms with E-state index in [4.69, 9.17) is 9.47 Å². The quantitative estimate of drug-likeness (QED) is 0.0326. The van der Waals surface area contributed by atoms with Gasteiger partial charge in [-0.1, -0.05) is 25.0 Å². The number of fused-ring (bicyclic) bond motifs is 8. The molecule has 6 aromatic rings. The summed E-state index contributed by atoms with van der Waals surface area (Å²) < 4.78 is 11.2. The Labute approximate surface area is 396 Å². The van der Waals surface area contributed by atoms with Gasteiger partial charge in [-0.3, -0.25) is 38.9 Å². The maximum atomic E-state index is 13.3. The predicted molar refractivity (Wildman–Crippen MR) is 271 cm³/mol. The molecule has 4 aromatic carbocycles. The highest BCUT2D eigenvalue weighted by Gasteiger charge is 2.45. The van der Waals surface area contributed by atoms with Gasteiger partial charge >= 0.3 is 0 Å². The lowest BCUT2D eigenvalue weighted by Gasteiger charge is -2.52. The van der Waals surface area contributed by atoms with Gasteiger partial charge in [0.15, 0.2) is 0 Å². The monoisotopic (exact) mass is 918 g/mol. The van der Waals surface area contributed by atoms with Crippen molar-refractivity contribution in [3.8, 4) is 11.5 Å². The number of piperidine rings is 6. The number of ether oxygens (including phenoxy) is 2. The molecule has 4 N–H and O–H groups in total. The van der Waals surface area contributed by atoms with E-state index < -0.39 is 21.7 Å². The van der Waals surface area contributed by atoms with E-state index in [0.717, 1.165) is 122 Å². The Morgan fingerprint density at radius 1 is 0.618 bits per heavy atom. The molecular weight excluding hydrogens is 857 g/mol. The summed E-state index contributed by atoms with van der Waals surface area (Å²) in [7, 11) is 3.30. The van der Waals surface area contributed by atoms with Crippen LogP contribution in [0, 0.1) is 23.7 Å². The van der Waals surface area contributed by atoms with E-state index in [2.05, 4.69) is 66.3 Å². The summed E-state index contributed by atoms with van der Waals surface area (Å²) in [6.07, 6.45) is 15.2. The lowest BCUT2D eigenvalue weighted by molar-refractivity contribution is 0.0105. The van der Waals surface area contributed by atoms with Gasteiger partial charge in [-0.15, -0.1) is 13.2 Å². The van der Waals surface area contributed by atoms with Gasteiger partial charge < -0.3 is 30.7 Å². The summed E-state index contributed by atoms with van der Waals surface area (Å²) >= 11 is 0. The smallest absolute Gasteiger partial charge is 0.253 e. The average Bonchev–Trinajstić information content (AvgIpc) is 3.39. The highest BCUT2D eigenvalue weighted by Crippen LogP contribution is 2.45. The third-order valence-corrected chi connectivity index (χ3v) is 15.8. The van der Waals surface area contributed by atoms with Crippen molar-refractivity contribution >= 4 is 44.6 Å². The molecule has 68 heavy (non-hydrogen) atoms. The highest BCUT2D eigenvalue weighted by atomic mass is 16.5. The maximum Gasteiger partial charge on any atom is 0.253 e. The largest absolute Gasteiger partial charge is 0.497 e. The zero-order valence-corrected chi connectivity index (χ0v) is 39.1. The molecule has 0 radical (unpaired) electrons. The van der Waals surface area contributed by atoms with E-state index in [1.165, 1.54) is 0 Å². The SMILES string of the molecule is C=C[C@H]1CN2CC[C@H]1C[C@H]2[C@@H](Nc1c(NCCCCCCNc2c(N[C@@H](c3ccnc4ccc(OC)cc34)[C@@H]3C[C@@H]4CCN3C[C@@H]4C=C)c(=O)c2=O)c(=O)c1=O)c1ccnc2ccc(OC)cc12. The molecule has 0 amide bonds. The number of anilines is 4. The maximum absolute atomic E-state index is 13.3. The molecule has 4 bridgehead atoms. The van der Waals surface area contributed by atoms with Crippen LogP contribution in [0.2, 0.25) is 0 Å². The van der Waals surface area contributed by atoms with Gasteiger partial charge in [-0.2, -0.15) is 0 Å². The number of unbranched alkanes of at least 4 members (excludes halogenated alkanes) is 3. The number of aromatic nitrogens is 2. The minimum Gasteiger partial charge on any atom is -0.497 e. The molecule has 2 unspecified atom stereocenters. The zero-order chi connectivity index (χ0) is 47.1. The molecule has 6 aliphatic rings. The number of rotatable bonds is 21. The van der Waals surface area contributed by atoms with Crippen LogP contribution in [0.1, 0.15) is 74.6 Å². The van der Waals surface area contributed by atoms with Crippen molar-refractivity contribution in [2.24, 2.45) is 23.7 Å². The van der Waals surface area contributed by atoms with Crippen molar-refractivity contribution in [3.63, 3.8) is 0 Å². The average molecular weight is 919 g/mol. The van der Waals surface area contributed by atoms with E-state index in [9.17, 15) is 19.2 Å². The first kappa shape index (κ1) is 45.4. The van der Waals surface area contributed by atoms with Gasteiger partial charge in [0.2, 0.25) is 0 Å². The molecule has 12 rings (SSSR count). The summed E-state index contributed by atoms with van der Waals surface area (Å²) in [5.41, 5.74) is 3.05. The van der Waals surface area contributed by atoms with E-state index in [1.807, 2.05) is 60.9 Å². The fourth-order valence-corrected chi connectivity index (χ4v) is 12.0. The number of methoxy groups -OCH3 is 2. The number of hydrogen-bond acceptors (Lipinski definition) is 14. The second kappa shape index (κ2) is 19.3. The van der Waals surface area contributed by atoms with Gasteiger partial charge in [-0.25, -0.2) is 0 Å². The molecule has 6 aliphatic heterocycles. The highest BCUT2D eigenvalue weighted by molar-refractivity contribution is 5.86. The van der Waals surface area contributed by atoms with Crippen molar-refractivity contribution in [1.29, 1.82) is 0 Å². The Kier molecular flexibility index (Phi) is 12.9. The van der Waals surface area contributed by atoms with E-state index in [0.29, 0.717) is 59.5 Å². The third-order valence-electron chi connectivity index (χ3n) is 15.8. The normalized spacial score (nSPS) is 25.0. The van der Waals surface area contributed by atoms with Crippen molar-refractivity contribution in [2.45, 2.75) is 75.5 Å². The molecule has 10 atom stereocenters. The third kappa shape index (κ3) is 8.35. The molecule has 354 valence electrons. The second-order valence-corrected chi connectivity index (χ2v) is 19.4. The summed E-state index contributed by atoms with van der Waals surface area (Å²) in [4.78, 5) is 67.1. The van der Waals surface area contributed by atoms with Crippen molar-refractivity contribution in [3.05, 3.63) is 138 Å². The minimum atomic E-state index is -0.503. The lowest BCUT2D eigenvalue weighted by atomic mass is 9.73. The predicted octanol–water partition coefficient (Wildman–Crippen LogP) is 7.18. The Hall–Kier alpha value is -6.38. The van der Waals surface area contributed by atoms with E-state index in [-0.39, 0.29) is 24.2 Å². The summed E-state index contributed by atoms with van der Waals surface area (Å²) in [6, 6.07) is 15.4. The van der Waals surface area contributed by atoms with Crippen molar-refractivity contribution in [2.75, 3.05) is 74.8 Å². The first-order chi connectivity index (χ1) is 33.2. The standard InChI is InChI=1S/C54H62N8O6/c1-5-31-29-61-23-17-33(31)25-43(61)45(37-15-21-55-41-13-11-35(67-3)27-39(37)41)59-49-47(51(63)53(49)65)57-19-9-7-8-10-20-58-48-50(54(66)52(48)64)60-46(44-26-34-18-24-62(44)30-32(34)6-2)38-16-22-56-42-14-12-36(68-4)28-40(38)42/h5-6,11-16,21-22,27-28,31-34,43-46,57-60H,1-2,7-10,17-20,23-26,29-30H2,3-4H3/t31-,32-,33-,34-,43-,44-,45-,46-/m0/s1. The molecule has 14 nitrogen and oxygen atoms in total. The van der Waals surface area contributed by atoms with Crippen LogP contribution in [0.5, 0.6) is 11.5 Å². The summed E-state index contributed by atoms with van der Waals surface area (Å²) in [5.74, 6) is 3.32. The summed E-state index contributed by atoms with van der Waals surface area (Å²) in [6.45, 7) is 13.1. The zero-order valence-electron chi connectivity index (χ0n) is 39.1. The van der Waals surface area contributed by atoms with Gasteiger partial charge in [-0.05, 0) is 135 Å². The van der Waals surface area contributed by atoms with Gasteiger partial charge in [0.05, 0.1) is 37.3 Å². The number of nitrogens with zero attached hydrogens (tertiary/aromatic N) is 4. The van der Waals surface area contributed by atoms with Crippen molar-refractivity contribution in [1.82, 2.24) is 19.8 Å². The second-order valence-electron chi connectivity index (χ2n) is 19.4. The van der Waals surface area contributed by atoms with Crippen LogP contribution in [0.15, 0.2) is 105 Å². The summed E-state index contributed by atoms with van der Waals surface area (Å²) in [5, 5.41) is 15.7. The Morgan fingerprint density at radius 3 is 1.43 bits per heavy atom. The van der Waals surface area contributed by atoms with E-state index in [1.54, 1.807) is 14.2 Å². The van der Waals surface area contributed by atoms with Crippen LogP contribution in [0.3, 0.4) is 0 Å². The molecule has 6 saturated heterocycles. The van der Waals surface area contributed by atoms with Crippen LogP contribution in [0.25, 0.3) is 21.8 Å². The molecule has 0 spiro atoms. The number of nitrogens with one attached hydrogen (secondary N) is 4. The van der Waals surface area contributed by atoms with Crippen LogP contribution in [0.4, 0.5) is 22.7 Å². The molecule has 6 fully saturated rings. The fourth-order valence-electron chi connectivity index (χ4n) is 12.0. The topological polar surface area (TPSA) is 167 Å². The van der Waals surface area contributed by atoms with Gasteiger partial charge in [0.1, 0.15) is 34.2 Å². The van der Waals surface area contributed by atoms with E-state index >= 15 is 0 Å². The molecule has 0 aliphatic carbocycles. The number of benzene rings is 2. The van der Waals surface area contributed by atoms with Gasteiger partial charge in [0.25, 0.3) is 21.7 Å².